The molecular formula is C13H19ClN2O3. The number of rotatable bonds is 7. The minimum Gasteiger partial charge on any atom is -0.491 e. The van der Waals surface area contributed by atoms with Crippen molar-refractivity contribution in [1.29, 1.82) is 0 Å². The van der Waals surface area contributed by atoms with Gasteiger partial charge in [0.15, 0.2) is 0 Å². The Balaban J connectivity index is 2.18. The van der Waals surface area contributed by atoms with E-state index in [4.69, 9.17) is 21.1 Å². The molecule has 0 bridgehead atoms. The third-order valence-electron chi connectivity index (χ3n) is 2.37. The summed E-state index contributed by atoms with van der Waals surface area (Å²) in [7, 11) is 1.59. The number of hydrogen-bond acceptors (Lipinski definition) is 3. The second-order valence-electron chi connectivity index (χ2n) is 3.93. The lowest BCUT2D eigenvalue weighted by Crippen LogP contribution is -2.39. The van der Waals surface area contributed by atoms with Crippen molar-refractivity contribution in [3.63, 3.8) is 0 Å². The van der Waals surface area contributed by atoms with Gasteiger partial charge in [0.1, 0.15) is 12.4 Å². The average Bonchev–Trinajstić information content (AvgIpc) is 2.37. The number of methoxy groups -OCH3 is 1. The van der Waals surface area contributed by atoms with Crippen LogP contribution in [0, 0.1) is 6.92 Å². The minimum atomic E-state index is -0.228. The first-order chi connectivity index (χ1) is 9.13. The summed E-state index contributed by atoms with van der Waals surface area (Å²) in [6.07, 6.45) is 0. The van der Waals surface area contributed by atoms with E-state index in [0.29, 0.717) is 31.3 Å². The molecule has 2 amide bonds. The smallest absolute Gasteiger partial charge is 0.314 e. The summed E-state index contributed by atoms with van der Waals surface area (Å²) >= 11 is 5.85. The molecule has 0 aliphatic rings. The van der Waals surface area contributed by atoms with Crippen LogP contribution in [0.15, 0.2) is 18.2 Å². The van der Waals surface area contributed by atoms with Crippen molar-refractivity contribution in [3.05, 3.63) is 28.8 Å². The Kier molecular flexibility index (Phi) is 7.07. The molecule has 0 aromatic heterocycles. The summed E-state index contributed by atoms with van der Waals surface area (Å²) in [6, 6.07) is 5.20. The highest BCUT2D eigenvalue weighted by Crippen LogP contribution is 2.21. The molecule has 106 valence electrons. The maximum absolute atomic E-state index is 11.3. The number of carbonyl (C=O) groups excluding carboxylic acids is 1. The molecule has 0 fully saturated rings. The van der Waals surface area contributed by atoms with Crippen LogP contribution in [0.1, 0.15) is 5.56 Å². The van der Waals surface area contributed by atoms with Gasteiger partial charge in [-0.1, -0.05) is 11.6 Å². The van der Waals surface area contributed by atoms with E-state index in [1.54, 1.807) is 13.2 Å². The summed E-state index contributed by atoms with van der Waals surface area (Å²) in [4.78, 5) is 11.3. The highest BCUT2D eigenvalue weighted by molar-refractivity contribution is 6.30. The molecule has 0 aliphatic carbocycles. The standard InChI is InChI=1S/C13H19ClN2O3/c1-10-9-11(14)3-4-12(10)19-8-6-16-13(17)15-5-7-18-2/h3-4,9H,5-8H2,1-2H3,(H2,15,16,17). The number of amides is 2. The van der Waals surface area contributed by atoms with Crippen molar-refractivity contribution < 1.29 is 14.3 Å². The van der Waals surface area contributed by atoms with Crippen LogP contribution in [0.5, 0.6) is 5.75 Å². The van der Waals surface area contributed by atoms with E-state index in [9.17, 15) is 4.79 Å². The van der Waals surface area contributed by atoms with E-state index in [2.05, 4.69) is 10.6 Å². The fourth-order valence-electron chi connectivity index (χ4n) is 1.43. The monoisotopic (exact) mass is 286 g/mol. The molecular weight excluding hydrogens is 268 g/mol. The number of halogens is 1. The first kappa shape index (κ1) is 15.6. The number of carbonyl (C=O) groups is 1. The number of nitrogens with one attached hydrogen (secondary N) is 2. The highest BCUT2D eigenvalue weighted by Gasteiger charge is 2.01. The second-order valence-corrected chi connectivity index (χ2v) is 4.37. The maximum Gasteiger partial charge on any atom is 0.314 e. The van der Waals surface area contributed by atoms with Crippen LogP contribution in [0.4, 0.5) is 4.79 Å². The normalized spacial score (nSPS) is 10.1. The van der Waals surface area contributed by atoms with Gasteiger partial charge < -0.3 is 20.1 Å². The third kappa shape index (κ3) is 6.31. The van der Waals surface area contributed by atoms with Crippen LogP contribution in [0.25, 0.3) is 0 Å². The SMILES string of the molecule is COCCNC(=O)NCCOc1ccc(Cl)cc1C. The van der Waals surface area contributed by atoms with Gasteiger partial charge in [0, 0.05) is 18.7 Å². The Morgan fingerprint density at radius 2 is 1.95 bits per heavy atom. The lowest BCUT2D eigenvalue weighted by Gasteiger charge is -2.10. The average molecular weight is 287 g/mol. The zero-order chi connectivity index (χ0) is 14.1. The van der Waals surface area contributed by atoms with Crippen LogP contribution in [0.2, 0.25) is 5.02 Å². The van der Waals surface area contributed by atoms with Crippen molar-refractivity contribution in [1.82, 2.24) is 10.6 Å². The van der Waals surface area contributed by atoms with Gasteiger partial charge >= 0.3 is 6.03 Å². The van der Waals surface area contributed by atoms with Crippen molar-refractivity contribution in [2.24, 2.45) is 0 Å². The van der Waals surface area contributed by atoms with Gasteiger partial charge in [-0.05, 0) is 30.7 Å². The van der Waals surface area contributed by atoms with Crippen LogP contribution in [0.3, 0.4) is 0 Å². The molecule has 0 unspecified atom stereocenters. The van der Waals surface area contributed by atoms with Crippen molar-refractivity contribution in [2.75, 3.05) is 33.4 Å². The van der Waals surface area contributed by atoms with Crippen LogP contribution < -0.4 is 15.4 Å². The highest BCUT2D eigenvalue weighted by atomic mass is 35.5. The van der Waals surface area contributed by atoms with Crippen molar-refractivity contribution >= 4 is 17.6 Å². The van der Waals surface area contributed by atoms with E-state index in [0.717, 1.165) is 11.3 Å². The molecule has 1 rings (SSSR count). The molecule has 5 nitrogen and oxygen atoms in total. The lowest BCUT2D eigenvalue weighted by atomic mass is 10.2. The zero-order valence-corrected chi connectivity index (χ0v) is 11.9. The number of ether oxygens (including phenoxy) is 2. The van der Waals surface area contributed by atoms with Crippen molar-refractivity contribution in [3.8, 4) is 5.75 Å². The van der Waals surface area contributed by atoms with E-state index in [-0.39, 0.29) is 6.03 Å². The van der Waals surface area contributed by atoms with Gasteiger partial charge in [-0.3, -0.25) is 0 Å². The number of urea groups is 1. The number of benzene rings is 1. The molecule has 6 heteroatoms. The molecule has 0 radical (unpaired) electrons. The predicted octanol–water partition coefficient (Wildman–Crippen LogP) is 1.97. The Bertz CT molecular complexity index is 413. The molecule has 0 spiro atoms. The molecule has 1 aromatic carbocycles. The lowest BCUT2D eigenvalue weighted by molar-refractivity contribution is 0.195. The van der Waals surface area contributed by atoms with Gasteiger partial charge in [-0.2, -0.15) is 0 Å². The van der Waals surface area contributed by atoms with Crippen LogP contribution in [-0.4, -0.2) is 39.4 Å². The van der Waals surface area contributed by atoms with Crippen LogP contribution >= 0.6 is 11.6 Å². The van der Waals surface area contributed by atoms with Crippen LogP contribution in [-0.2, 0) is 4.74 Å². The Hall–Kier alpha value is -1.46. The molecule has 0 saturated carbocycles. The molecule has 0 aliphatic heterocycles. The van der Waals surface area contributed by atoms with Gasteiger partial charge in [0.2, 0.25) is 0 Å². The summed E-state index contributed by atoms with van der Waals surface area (Å²) in [6.45, 7) is 3.74. The van der Waals surface area contributed by atoms with E-state index in [1.807, 2.05) is 19.1 Å². The van der Waals surface area contributed by atoms with Gasteiger partial charge in [-0.25, -0.2) is 4.79 Å². The van der Waals surface area contributed by atoms with E-state index in [1.165, 1.54) is 0 Å². The Morgan fingerprint density at radius 1 is 1.26 bits per heavy atom. The molecule has 19 heavy (non-hydrogen) atoms. The van der Waals surface area contributed by atoms with E-state index < -0.39 is 0 Å². The Labute approximate surface area is 118 Å². The summed E-state index contributed by atoms with van der Waals surface area (Å²) in [5.74, 6) is 0.769. The second kappa shape index (κ2) is 8.61. The predicted molar refractivity (Wildman–Crippen MR) is 75.0 cm³/mol. The number of aryl methyl sites for hydroxylation is 1. The van der Waals surface area contributed by atoms with Gasteiger partial charge in [0.05, 0.1) is 13.2 Å². The van der Waals surface area contributed by atoms with Crippen molar-refractivity contribution in [2.45, 2.75) is 6.92 Å². The molecule has 2 N–H and O–H groups in total. The minimum absolute atomic E-state index is 0.228. The summed E-state index contributed by atoms with van der Waals surface area (Å²) in [5, 5.41) is 6.02. The Morgan fingerprint density at radius 3 is 2.58 bits per heavy atom. The maximum atomic E-state index is 11.3. The van der Waals surface area contributed by atoms with E-state index >= 15 is 0 Å². The fourth-order valence-corrected chi connectivity index (χ4v) is 1.66. The molecule has 0 saturated heterocycles. The third-order valence-corrected chi connectivity index (χ3v) is 2.61. The first-order valence-corrected chi connectivity index (χ1v) is 6.41. The number of hydrogen-bond donors (Lipinski definition) is 2. The largest absolute Gasteiger partial charge is 0.491 e. The summed E-state index contributed by atoms with van der Waals surface area (Å²) in [5.41, 5.74) is 0.969. The topological polar surface area (TPSA) is 59.6 Å². The zero-order valence-electron chi connectivity index (χ0n) is 11.2. The van der Waals surface area contributed by atoms with Gasteiger partial charge in [-0.15, -0.1) is 0 Å². The quantitative estimate of drug-likeness (QED) is 0.754. The fraction of sp³-hybridized carbons (Fsp3) is 0.462. The first-order valence-electron chi connectivity index (χ1n) is 6.03. The molecule has 1 aromatic rings. The molecule has 0 heterocycles. The molecule has 0 atom stereocenters. The summed E-state index contributed by atoms with van der Waals surface area (Å²) < 4.78 is 10.4. The van der Waals surface area contributed by atoms with Gasteiger partial charge in [0.25, 0.3) is 0 Å².